The molecule has 8 nitrogen and oxygen atoms in total. The van der Waals surface area contributed by atoms with Gasteiger partial charge in [0.2, 0.25) is 0 Å². The second-order valence-electron chi connectivity index (χ2n) is 9.79. The van der Waals surface area contributed by atoms with Crippen LogP contribution in [0.3, 0.4) is 0 Å². The number of sulfonamides is 1. The first-order valence-electron chi connectivity index (χ1n) is 12.0. The van der Waals surface area contributed by atoms with Crippen LogP contribution in [0, 0.1) is 25.2 Å². The van der Waals surface area contributed by atoms with Gasteiger partial charge in [0, 0.05) is 18.2 Å². The summed E-state index contributed by atoms with van der Waals surface area (Å²) in [6.07, 6.45) is 3.71. The molecular formula is C27H30N2O6S. The molecule has 1 unspecified atom stereocenters. The number of carbonyl (C=O) groups is 2. The van der Waals surface area contributed by atoms with Gasteiger partial charge in [0.05, 0.1) is 25.2 Å². The van der Waals surface area contributed by atoms with Gasteiger partial charge >= 0.3 is 11.9 Å². The number of methoxy groups -OCH3 is 2. The normalized spacial score (nSPS) is 21.2. The summed E-state index contributed by atoms with van der Waals surface area (Å²) in [6.45, 7) is 3.74. The number of ether oxygens (including phenoxy) is 2. The van der Waals surface area contributed by atoms with Crippen LogP contribution in [0.2, 0.25) is 0 Å². The van der Waals surface area contributed by atoms with Gasteiger partial charge in [0.15, 0.2) is 5.41 Å². The number of fused-ring (bicyclic) bond motifs is 3. The minimum absolute atomic E-state index is 0.0794. The molecule has 0 radical (unpaired) electrons. The Kier molecular flexibility index (Phi) is 5.95. The summed E-state index contributed by atoms with van der Waals surface area (Å²) in [5.74, 6) is -1.34. The van der Waals surface area contributed by atoms with Gasteiger partial charge in [-0.2, -0.15) is 0 Å². The van der Waals surface area contributed by atoms with Crippen molar-refractivity contribution in [3.8, 4) is 0 Å². The Bertz CT molecular complexity index is 1350. The molecule has 0 bridgehead atoms. The van der Waals surface area contributed by atoms with Gasteiger partial charge in [0.1, 0.15) is 0 Å². The lowest BCUT2D eigenvalue weighted by Crippen LogP contribution is -2.63. The van der Waals surface area contributed by atoms with Gasteiger partial charge in [-0.3, -0.25) is 14.6 Å². The quantitative estimate of drug-likeness (QED) is 0.447. The fourth-order valence-electron chi connectivity index (χ4n) is 5.44. The smallest absolute Gasteiger partial charge is 0.325 e. The van der Waals surface area contributed by atoms with Crippen molar-refractivity contribution < 1.29 is 27.5 Å². The molecule has 2 fully saturated rings. The zero-order valence-electron chi connectivity index (χ0n) is 20.9. The molecule has 3 aliphatic rings. The average Bonchev–Trinajstić information content (AvgIpc) is 3.72. The monoisotopic (exact) mass is 510 g/mol. The highest BCUT2D eigenvalue weighted by Gasteiger charge is 2.64. The van der Waals surface area contributed by atoms with Crippen LogP contribution in [-0.2, 0) is 29.1 Å². The van der Waals surface area contributed by atoms with Crippen molar-refractivity contribution in [2.75, 3.05) is 20.8 Å². The van der Waals surface area contributed by atoms with Crippen LogP contribution >= 0.6 is 0 Å². The Balaban J connectivity index is 1.77. The zero-order valence-corrected chi connectivity index (χ0v) is 21.7. The Labute approximate surface area is 211 Å². The number of aryl methyl sites for hydroxylation is 2. The highest BCUT2D eigenvalue weighted by atomic mass is 32.2. The Morgan fingerprint density at radius 3 is 2.14 bits per heavy atom. The van der Waals surface area contributed by atoms with Crippen LogP contribution in [0.1, 0.15) is 47.6 Å². The number of rotatable bonds is 5. The summed E-state index contributed by atoms with van der Waals surface area (Å²) >= 11 is 0. The van der Waals surface area contributed by atoms with E-state index in [-0.39, 0.29) is 23.8 Å². The molecule has 2 aromatic carbocycles. The first-order valence-corrected chi connectivity index (χ1v) is 13.5. The van der Waals surface area contributed by atoms with Crippen LogP contribution in [0.15, 0.2) is 53.1 Å². The lowest BCUT2D eigenvalue weighted by Gasteiger charge is -2.54. The lowest BCUT2D eigenvalue weighted by atomic mass is 9.70. The van der Waals surface area contributed by atoms with Gasteiger partial charge in [0.25, 0.3) is 10.0 Å². The maximum absolute atomic E-state index is 14.0. The van der Waals surface area contributed by atoms with Gasteiger partial charge in [-0.05, 0) is 62.4 Å². The Hall–Kier alpha value is -3.17. The highest BCUT2D eigenvalue weighted by molar-refractivity contribution is 7.89. The van der Waals surface area contributed by atoms with E-state index in [0.717, 1.165) is 35.2 Å². The maximum atomic E-state index is 14.0. The Morgan fingerprint density at radius 2 is 1.56 bits per heavy atom. The standard InChI is InChI=1S/C27H30N2O6S/c1-17-6-11-21(12-7-17)36(32,33)28-14-13-27(25(30)34-3,26(31)35-4)24-22-15-18(2)5-8-20(22)16-23(29(24)28)19-9-10-19/h5-8,11-12,15-16,19,24H,9-10,13-14H2,1-4H3. The number of hydrogen-bond donors (Lipinski definition) is 0. The van der Waals surface area contributed by atoms with Gasteiger partial charge < -0.3 is 9.47 Å². The van der Waals surface area contributed by atoms with Crippen LogP contribution < -0.4 is 0 Å². The van der Waals surface area contributed by atoms with Crippen molar-refractivity contribution in [1.82, 2.24) is 9.42 Å². The number of hydrazine groups is 1. The molecule has 2 aliphatic heterocycles. The fraction of sp³-hybridized carbons (Fsp3) is 0.407. The third kappa shape index (κ3) is 3.64. The molecule has 190 valence electrons. The molecule has 1 atom stereocenters. The van der Waals surface area contributed by atoms with Gasteiger partial charge in [-0.25, -0.2) is 8.42 Å². The molecule has 5 rings (SSSR count). The summed E-state index contributed by atoms with van der Waals surface area (Å²) in [6, 6.07) is 11.6. The van der Waals surface area contributed by atoms with Crippen molar-refractivity contribution in [2.45, 2.75) is 44.0 Å². The number of esters is 2. The van der Waals surface area contributed by atoms with Crippen LogP contribution in [0.25, 0.3) is 6.08 Å². The Morgan fingerprint density at radius 1 is 0.944 bits per heavy atom. The van der Waals surface area contributed by atoms with Gasteiger partial charge in [-0.15, -0.1) is 4.41 Å². The first-order chi connectivity index (χ1) is 17.1. The van der Waals surface area contributed by atoms with Crippen molar-refractivity contribution in [1.29, 1.82) is 0 Å². The minimum atomic E-state index is -4.00. The predicted molar refractivity (Wildman–Crippen MR) is 133 cm³/mol. The molecule has 2 heterocycles. The van der Waals surface area contributed by atoms with E-state index in [9.17, 15) is 18.0 Å². The van der Waals surface area contributed by atoms with Crippen molar-refractivity contribution in [2.24, 2.45) is 11.3 Å². The van der Waals surface area contributed by atoms with E-state index < -0.39 is 33.4 Å². The van der Waals surface area contributed by atoms with Crippen molar-refractivity contribution >= 4 is 28.0 Å². The molecule has 0 aromatic heterocycles. The van der Waals surface area contributed by atoms with E-state index in [1.807, 2.05) is 38.1 Å². The van der Waals surface area contributed by atoms with E-state index >= 15 is 0 Å². The first kappa shape index (κ1) is 24.5. The summed E-state index contributed by atoms with van der Waals surface area (Å²) < 4.78 is 39.8. The summed E-state index contributed by atoms with van der Waals surface area (Å²) in [4.78, 5) is 27.1. The second-order valence-corrected chi connectivity index (χ2v) is 11.6. The molecule has 1 saturated carbocycles. The molecule has 0 amide bonds. The summed E-state index contributed by atoms with van der Waals surface area (Å²) in [7, 11) is -1.52. The fourth-order valence-corrected chi connectivity index (χ4v) is 6.92. The van der Waals surface area contributed by atoms with E-state index in [1.54, 1.807) is 29.3 Å². The summed E-state index contributed by atoms with van der Waals surface area (Å²) in [5.41, 5.74) is 2.47. The molecule has 36 heavy (non-hydrogen) atoms. The molecular weight excluding hydrogens is 480 g/mol. The molecule has 1 aliphatic carbocycles. The highest BCUT2D eigenvalue weighted by Crippen LogP contribution is 2.56. The van der Waals surface area contributed by atoms with Gasteiger partial charge in [-0.1, -0.05) is 41.5 Å². The average molecular weight is 511 g/mol. The topological polar surface area (TPSA) is 93.2 Å². The molecule has 0 spiro atoms. The van der Waals surface area contributed by atoms with E-state index in [2.05, 4.69) is 0 Å². The molecule has 1 saturated heterocycles. The van der Waals surface area contributed by atoms with Crippen LogP contribution in [0.4, 0.5) is 0 Å². The SMILES string of the molecule is COC(=O)C1(C(=O)OC)CCN(S(=O)(=O)c2ccc(C)cc2)N2C(C3CC3)=Cc3ccc(C)cc3C21. The summed E-state index contributed by atoms with van der Waals surface area (Å²) in [5, 5.41) is 1.67. The lowest BCUT2D eigenvalue weighted by molar-refractivity contribution is -0.187. The molecule has 0 N–H and O–H groups in total. The largest absolute Gasteiger partial charge is 0.468 e. The third-order valence-corrected chi connectivity index (χ3v) is 9.23. The third-order valence-electron chi connectivity index (χ3n) is 7.45. The number of nitrogens with zero attached hydrogens (tertiary/aromatic N) is 2. The molecule has 2 aromatic rings. The van der Waals surface area contributed by atoms with Crippen molar-refractivity contribution in [3.63, 3.8) is 0 Å². The number of benzene rings is 2. The number of hydrogen-bond acceptors (Lipinski definition) is 7. The second kappa shape index (κ2) is 8.74. The van der Waals surface area contributed by atoms with Crippen molar-refractivity contribution in [3.05, 3.63) is 70.4 Å². The minimum Gasteiger partial charge on any atom is -0.468 e. The van der Waals surface area contributed by atoms with E-state index in [0.29, 0.717) is 5.56 Å². The molecule has 9 heteroatoms. The van der Waals surface area contributed by atoms with E-state index in [1.165, 1.54) is 18.6 Å². The number of allylic oxidation sites excluding steroid dienone is 1. The number of carbonyl (C=O) groups excluding carboxylic acids is 2. The van der Waals surface area contributed by atoms with Crippen LogP contribution in [-0.4, -0.2) is 50.5 Å². The predicted octanol–water partition coefficient (Wildman–Crippen LogP) is 3.75. The van der Waals surface area contributed by atoms with E-state index in [4.69, 9.17) is 9.47 Å². The zero-order chi connectivity index (χ0) is 25.8. The van der Waals surface area contributed by atoms with Crippen LogP contribution in [0.5, 0.6) is 0 Å². The maximum Gasteiger partial charge on any atom is 0.325 e.